The van der Waals surface area contributed by atoms with Gasteiger partial charge in [-0.1, -0.05) is 24.6 Å². The van der Waals surface area contributed by atoms with E-state index >= 15 is 0 Å². The van der Waals surface area contributed by atoms with Gasteiger partial charge in [-0.3, -0.25) is 0 Å². The van der Waals surface area contributed by atoms with Gasteiger partial charge in [-0.15, -0.1) is 0 Å². The topological polar surface area (TPSA) is 26.0 Å². The van der Waals surface area contributed by atoms with Gasteiger partial charge in [0.05, 0.1) is 0 Å². The van der Waals surface area contributed by atoms with E-state index in [2.05, 4.69) is 6.92 Å². The van der Waals surface area contributed by atoms with E-state index in [4.69, 9.17) is 17.3 Å². The van der Waals surface area contributed by atoms with Crippen molar-refractivity contribution in [2.24, 2.45) is 11.7 Å². The number of hydrogen-bond acceptors (Lipinski definition) is 2. The lowest BCUT2D eigenvalue weighted by atomic mass is 10.2. The molecular formula is C11H15ClFNS. The van der Waals surface area contributed by atoms with Crippen LogP contribution in [-0.4, -0.2) is 12.3 Å². The Hall–Kier alpha value is -0.250. The highest BCUT2D eigenvalue weighted by molar-refractivity contribution is 7.98. The average Bonchev–Trinajstić information content (AvgIpc) is 2.21. The molecule has 1 nitrogen and oxygen atoms in total. The smallest absolute Gasteiger partial charge is 0.128 e. The van der Waals surface area contributed by atoms with Crippen LogP contribution >= 0.6 is 23.4 Å². The van der Waals surface area contributed by atoms with Crippen LogP contribution in [0.5, 0.6) is 0 Å². The Bertz CT molecular complexity index is 319. The third-order valence-electron chi connectivity index (χ3n) is 2.08. The van der Waals surface area contributed by atoms with Gasteiger partial charge in [0.1, 0.15) is 5.82 Å². The summed E-state index contributed by atoms with van der Waals surface area (Å²) in [5.41, 5.74) is 6.20. The molecule has 1 atom stereocenters. The molecule has 0 aliphatic heterocycles. The van der Waals surface area contributed by atoms with Crippen LogP contribution in [0.15, 0.2) is 18.2 Å². The third kappa shape index (κ3) is 4.41. The van der Waals surface area contributed by atoms with Crippen molar-refractivity contribution in [1.82, 2.24) is 0 Å². The Morgan fingerprint density at radius 3 is 2.87 bits per heavy atom. The predicted molar refractivity (Wildman–Crippen MR) is 65.8 cm³/mol. The Balaban J connectivity index is 2.44. The lowest BCUT2D eigenvalue weighted by Crippen LogP contribution is -2.12. The molecule has 0 amide bonds. The van der Waals surface area contributed by atoms with Crippen molar-refractivity contribution in [3.8, 4) is 0 Å². The van der Waals surface area contributed by atoms with E-state index < -0.39 is 0 Å². The Labute approximate surface area is 99.2 Å². The van der Waals surface area contributed by atoms with Crippen LogP contribution in [0.1, 0.15) is 12.5 Å². The molecule has 0 saturated carbocycles. The second-order valence-corrected chi connectivity index (χ2v) is 5.06. The van der Waals surface area contributed by atoms with Gasteiger partial charge in [0.25, 0.3) is 0 Å². The number of rotatable bonds is 5. The summed E-state index contributed by atoms with van der Waals surface area (Å²) in [6.07, 6.45) is 0. The molecule has 1 unspecified atom stereocenters. The zero-order valence-electron chi connectivity index (χ0n) is 8.67. The fraction of sp³-hybridized carbons (Fsp3) is 0.455. The van der Waals surface area contributed by atoms with E-state index in [-0.39, 0.29) is 5.82 Å². The normalized spacial score (nSPS) is 12.8. The minimum atomic E-state index is -0.226. The maximum atomic E-state index is 13.3. The average molecular weight is 248 g/mol. The van der Waals surface area contributed by atoms with Gasteiger partial charge in [-0.25, -0.2) is 4.39 Å². The standard InChI is InChI=1S/C11H15ClFNS/c1-8(5-14)6-15-7-9-2-3-10(12)4-11(9)13/h2-4,8H,5-7,14H2,1H3. The molecule has 1 rings (SSSR count). The van der Waals surface area contributed by atoms with Gasteiger partial charge in [-0.2, -0.15) is 11.8 Å². The molecule has 0 saturated heterocycles. The van der Waals surface area contributed by atoms with E-state index in [1.807, 2.05) is 0 Å². The minimum absolute atomic E-state index is 0.226. The highest BCUT2D eigenvalue weighted by Gasteiger charge is 2.04. The van der Waals surface area contributed by atoms with E-state index in [0.717, 1.165) is 5.75 Å². The highest BCUT2D eigenvalue weighted by atomic mass is 35.5. The van der Waals surface area contributed by atoms with Gasteiger partial charge in [0, 0.05) is 10.8 Å². The van der Waals surface area contributed by atoms with Crippen molar-refractivity contribution >= 4 is 23.4 Å². The maximum Gasteiger partial charge on any atom is 0.128 e. The van der Waals surface area contributed by atoms with E-state index in [1.165, 1.54) is 6.07 Å². The predicted octanol–water partition coefficient (Wildman–Crippen LogP) is 3.31. The third-order valence-corrected chi connectivity index (χ3v) is 3.63. The van der Waals surface area contributed by atoms with Gasteiger partial charge < -0.3 is 5.73 Å². The molecule has 0 fully saturated rings. The lowest BCUT2D eigenvalue weighted by molar-refractivity contribution is 0.617. The molecule has 0 spiro atoms. The molecule has 0 aliphatic rings. The SMILES string of the molecule is CC(CN)CSCc1ccc(Cl)cc1F. The van der Waals surface area contributed by atoms with E-state index in [9.17, 15) is 4.39 Å². The summed E-state index contributed by atoms with van der Waals surface area (Å²) in [7, 11) is 0. The van der Waals surface area contributed by atoms with Gasteiger partial charge in [0.2, 0.25) is 0 Å². The fourth-order valence-electron chi connectivity index (χ4n) is 1.08. The van der Waals surface area contributed by atoms with Crippen LogP contribution in [0.2, 0.25) is 5.02 Å². The lowest BCUT2D eigenvalue weighted by Gasteiger charge is -2.08. The molecule has 0 radical (unpaired) electrons. The zero-order chi connectivity index (χ0) is 11.3. The number of thioether (sulfide) groups is 1. The molecule has 2 N–H and O–H groups in total. The van der Waals surface area contributed by atoms with E-state index in [0.29, 0.717) is 28.8 Å². The van der Waals surface area contributed by atoms with Crippen molar-refractivity contribution in [3.63, 3.8) is 0 Å². The molecule has 0 bridgehead atoms. The van der Waals surface area contributed by atoms with Crippen LogP contribution in [0.4, 0.5) is 4.39 Å². The molecule has 0 aliphatic carbocycles. The number of nitrogens with two attached hydrogens (primary N) is 1. The molecule has 1 aromatic rings. The van der Waals surface area contributed by atoms with Gasteiger partial charge in [-0.05, 0) is 35.9 Å². The Kier molecular flexibility index (Phi) is 5.43. The molecule has 0 aromatic heterocycles. The van der Waals surface area contributed by atoms with Crippen molar-refractivity contribution < 1.29 is 4.39 Å². The summed E-state index contributed by atoms with van der Waals surface area (Å²) in [5.74, 6) is 1.88. The molecule has 0 heterocycles. The summed E-state index contributed by atoms with van der Waals surface area (Å²) in [5, 5.41) is 0.441. The summed E-state index contributed by atoms with van der Waals surface area (Å²) in [6.45, 7) is 2.77. The first-order valence-corrected chi connectivity index (χ1v) is 6.38. The van der Waals surface area contributed by atoms with Crippen LogP contribution in [0, 0.1) is 11.7 Å². The van der Waals surface area contributed by atoms with Crippen molar-refractivity contribution in [1.29, 1.82) is 0 Å². The van der Waals surface area contributed by atoms with Gasteiger partial charge in [0.15, 0.2) is 0 Å². The van der Waals surface area contributed by atoms with Crippen molar-refractivity contribution in [2.45, 2.75) is 12.7 Å². The molecule has 1 aromatic carbocycles. The van der Waals surface area contributed by atoms with E-state index in [1.54, 1.807) is 23.9 Å². The second kappa shape index (κ2) is 6.36. The highest BCUT2D eigenvalue weighted by Crippen LogP contribution is 2.20. The fourth-order valence-corrected chi connectivity index (χ4v) is 2.35. The van der Waals surface area contributed by atoms with Crippen molar-refractivity contribution in [2.75, 3.05) is 12.3 Å². The van der Waals surface area contributed by atoms with Crippen LogP contribution in [-0.2, 0) is 5.75 Å². The van der Waals surface area contributed by atoms with Crippen molar-refractivity contribution in [3.05, 3.63) is 34.6 Å². The van der Waals surface area contributed by atoms with Crippen LogP contribution < -0.4 is 5.73 Å². The summed E-state index contributed by atoms with van der Waals surface area (Å²) in [4.78, 5) is 0. The zero-order valence-corrected chi connectivity index (χ0v) is 10.2. The summed E-state index contributed by atoms with van der Waals surface area (Å²) >= 11 is 7.36. The number of benzene rings is 1. The molecule has 15 heavy (non-hydrogen) atoms. The monoisotopic (exact) mass is 247 g/mol. The molecular weight excluding hydrogens is 233 g/mol. The Morgan fingerprint density at radius 2 is 2.27 bits per heavy atom. The Morgan fingerprint density at radius 1 is 1.53 bits per heavy atom. The minimum Gasteiger partial charge on any atom is -0.330 e. The maximum absolute atomic E-state index is 13.3. The first-order chi connectivity index (χ1) is 7.13. The van der Waals surface area contributed by atoms with Crippen LogP contribution in [0.3, 0.4) is 0 Å². The molecule has 84 valence electrons. The summed E-state index contributed by atoms with van der Waals surface area (Å²) in [6, 6.07) is 4.80. The largest absolute Gasteiger partial charge is 0.330 e. The number of hydrogen-bond donors (Lipinski definition) is 1. The first kappa shape index (κ1) is 12.8. The summed E-state index contributed by atoms with van der Waals surface area (Å²) < 4.78 is 13.3. The quantitative estimate of drug-likeness (QED) is 0.864. The first-order valence-electron chi connectivity index (χ1n) is 4.85. The van der Waals surface area contributed by atoms with Gasteiger partial charge >= 0.3 is 0 Å². The second-order valence-electron chi connectivity index (χ2n) is 3.59. The molecule has 4 heteroatoms. The van der Waals surface area contributed by atoms with Crippen LogP contribution in [0.25, 0.3) is 0 Å². The number of halogens is 2.